The molecule has 8 unspecified atom stereocenters. The molecule has 0 rings (SSSR count). The first-order valence-electron chi connectivity index (χ1n) is 15.7. The summed E-state index contributed by atoms with van der Waals surface area (Å²) in [4.78, 5) is 116. The monoisotopic (exact) mass is 878 g/mol. The first-order valence-corrected chi connectivity index (χ1v) is 20.7. The van der Waals surface area contributed by atoms with Crippen molar-refractivity contribution in [3.8, 4) is 0 Å². The van der Waals surface area contributed by atoms with Crippen LogP contribution in [0, 0.1) is 0 Å². The maximum Gasteiger partial charge on any atom is 0.332 e. The van der Waals surface area contributed by atoms with Crippen LogP contribution in [0.1, 0.15) is 39.5 Å². The number of hydrogen-bond acceptors (Lipinski definition) is 22. The van der Waals surface area contributed by atoms with E-state index in [1.807, 2.05) is 0 Å². The summed E-state index contributed by atoms with van der Waals surface area (Å²) in [7, 11) is 2.98. The lowest BCUT2D eigenvalue weighted by Gasteiger charge is -2.27. The number of hydrogen-bond donors (Lipinski definition) is 14. The third-order valence-corrected chi connectivity index (χ3v) is 12.5. The predicted octanol–water partition coefficient (Wildman–Crippen LogP) is -5.98. The van der Waals surface area contributed by atoms with E-state index in [9.17, 15) is 58.2 Å². The zero-order chi connectivity index (χ0) is 44.6. The van der Waals surface area contributed by atoms with E-state index in [-0.39, 0.29) is 37.2 Å². The van der Waals surface area contributed by atoms with Gasteiger partial charge in [-0.15, -0.1) is 0 Å². The lowest BCUT2D eigenvalue weighted by molar-refractivity contribution is -0.149. The Morgan fingerprint density at radius 2 is 0.643 bits per heavy atom. The van der Waals surface area contributed by atoms with Gasteiger partial charge < -0.3 is 77.8 Å². The minimum atomic E-state index is -2.45. The maximum atomic E-state index is 12.4. The van der Waals surface area contributed by atoms with E-state index < -0.39 is 117 Å². The van der Waals surface area contributed by atoms with Gasteiger partial charge in [0.1, 0.15) is 0 Å². The van der Waals surface area contributed by atoms with Crippen molar-refractivity contribution in [2.24, 2.45) is 57.3 Å². The van der Waals surface area contributed by atoms with Crippen molar-refractivity contribution >= 4 is 102 Å². The zero-order valence-electron chi connectivity index (χ0n) is 30.2. The van der Waals surface area contributed by atoms with Crippen LogP contribution < -0.4 is 57.3 Å². The van der Waals surface area contributed by atoms with Crippen molar-refractivity contribution < 1.29 is 68.4 Å². The average molecular weight is 879 g/mol. The molecule has 0 spiro atoms. The second kappa shape index (κ2) is 23.7. The Hall–Kier alpha value is -3.42. The lowest BCUT2D eigenvalue weighted by atomic mass is 9.90. The standard InChI is InChI=1S/C16H28N6O8S2.C12H22N4O6S2/c17-7(1-3-9(19)23)11(25)15(21,13(27)28)5-31-32-6-16(22,14(29)30)12(26)8(18)2-4-10(20)24;1-5(13)7(17)11(15,9(19)20)3-23-24-4-12(16,10(21)22)8(18)6(2)14/h7-8H,1-6,17-18,21-22H2,(H2,19,23)(H2,20,24)(H,27,28)(H,29,30);5-6H,3-4,13-16H2,1-2H3,(H,19,20)(H,21,22). The Morgan fingerprint density at radius 1 is 0.446 bits per heavy atom. The highest BCUT2D eigenvalue weighted by atomic mass is 33.1. The number of amides is 2. The van der Waals surface area contributed by atoms with Gasteiger partial charge in [0.2, 0.25) is 11.8 Å². The third-order valence-electron chi connectivity index (χ3n) is 7.50. The number of rotatable bonds is 28. The van der Waals surface area contributed by atoms with Gasteiger partial charge in [0, 0.05) is 35.9 Å². The van der Waals surface area contributed by atoms with Crippen LogP contribution in [0.25, 0.3) is 0 Å². The van der Waals surface area contributed by atoms with E-state index in [4.69, 9.17) is 67.5 Å². The van der Waals surface area contributed by atoms with Crippen LogP contribution in [-0.2, 0) is 47.9 Å². The molecule has 0 saturated heterocycles. The van der Waals surface area contributed by atoms with E-state index in [2.05, 4.69) is 0 Å². The largest absolute Gasteiger partial charge is 0.480 e. The SMILES string of the molecule is CC(N)C(=O)C(N)(CSSCC(N)(C(=O)O)C(=O)C(C)N)C(=O)O.NC(=O)CCC(N)C(=O)C(N)(CSSCC(N)(C(=O)O)C(=O)C(N)CCC(N)=O)C(=O)O. The van der Waals surface area contributed by atoms with Gasteiger partial charge in [-0.05, 0) is 26.7 Å². The minimum Gasteiger partial charge on any atom is -0.480 e. The molecule has 0 radical (unpaired) electrons. The fourth-order valence-electron chi connectivity index (χ4n) is 3.82. The predicted molar refractivity (Wildman–Crippen MR) is 208 cm³/mol. The second-order valence-corrected chi connectivity index (χ2v) is 17.3. The third kappa shape index (κ3) is 15.8. The van der Waals surface area contributed by atoms with Crippen LogP contribution in [0.4, 0.5) is 0 Å². The molecule has 0 saturated carbocycles. The molecule has 2 amide bonds. The second-order valence-electron chi connectivity index (χ2n) is 12.4. The molecule has 0 aliphatic rings. The van der Waals surface area contributed by atoms with Gasteiger partial charge in [0.05, 0.1) is 24.2 Å². The highest BCUT2D eigenvalue weighted by Crippen LogP contribution is 2.31. The van der Waals surface area contributed by atoms with Crippen LogP contribution in [0.5, 0.6) is 0 Å². The number of carbonyl (C=O) groups excluding carboxylic acids is 6. The molecule has 0 aromatic heterocycles. The van der Waals surface area contributed by atoms with Crippen LogP contribution in [0.3, 0.4) is 0 Å². The molecule has 0 aliphatic heterocycles. The Bertz CT molecular complexity index is 1400. The summed E-state index contributed by atoms with van der Waals surface area (Å²) in [5, 5.41) is 37.1. The van der Waals surface area contributed by atoms with Gasteiger partial charge in [-0.2, -0.15) is 0 Å². The summed E-state index contributed by atoms with van der Waals surface area (Å²) in [5.74, 6) is -13.7. The number of carboxylic acids is 4. The quantitative estimate of drug-likeness (QED) is 0.0198. The van der Waals surface area contributed by atoms with E-state index in [1.165, 1.54) is 13.8 Å². The maximum absolute atomic E-state index is 12.4. The highest BCUT2D eigenvalue weighted by Gasteiger charge is 2.48. The summed E-state index contributed by atoms with van der Waals surface area (Å²) in [6, 6.07) is -4.90. The van der Waals surface area contributed by atoms with Gasteiger partial charge in [-0.25, -0.2) is 19.2 Å². The van der Waals surface area contributed by atoms with Gasteiger partial charge in [-0.1, -0.05) is 43.2 Å². The Labute approximate surface area is 335 Å². The number of Topliss-reactive ketones (excluding diaryl/α,β-unsaturated/α-hetero) is 4. The molecule has 0 bridgehead atoms. The normalized spacial score (nSPS) is 17.6. The summed E-state index contributed by atoms with van der Waals surface area (Å²) < 4.78 is 0. The first-order chi connectivity index (χ1) is 25.4. The Morgan fingerprint density at radius 3 is 0.804 bits per heavy atom. The van der Waals surface area contributed by atoms with Crippen molar-refractivity contribution in [2.75, 3.05) is 23.0 Å². The molecular formula is C28H50N10O14S4. The van der Waals surface area contributed by atoms with E-state index in [0.29, 0.717) is 21.6 Å². The van der Waals surface area contributed by atoms with Gasteiger partial charge in [0.25, 0.3) is 0 Å². The Kier molecular flexibility index (Phi) is 23.2. The molecule has 8 atom stereocenters. The number of carboxylic acid groups (broad SMARTS) is 4. The topological polar surface area (TPSA) is 512 Å². The smallest absolute Gasteiger partial charge is 0.332 e. The zero-order valence-corrected chi connectivity index (χ0v) is 33.5. The average Bonchev–Trinajstić information content (AvgIpc) is 3.10. The number of aliphatic carboxylic acids is 4. The van der Waals surface area contributed by atoms with Crippen molar-refractivity contribution in [3.05, 3.63) is 0 Å². The molecule has 24 N–H and O–H groups in total. The van der Waals surface area contributed by atoms with Crippen molar-refractivity contribution in [1.82, 2.24) is 0 Å². The van der Waals surface area contributed by atoms with Crippen molar-refractivity contribution in [3.63, 3.8) is 0 Å². The molecule has 0 aromatic rings. The fraction of sp³-hybridized carbons (Fsp3) is 0.643. The van der Waals surface area contributed by atoms with Gasteiger partial charge in [-0.3, -0.25) is 28.8 Å². The molecule has 0 aliphatic carbocycles. The van der Waals surface area contributed by atoms with E-state index in [1.54, 1.807) is 0 Å². The molecule has 24 nitrogen and oxygen atoms in total. The van der Waals surface area contributed by atoms with Crippen molar-refractivity contribution in [1.29, 1.82) is 0 Å². The molecule has 56 heavy (non-hydrogen) atoms. The lowest BCUT2D eigenvalue weighted by Crippen LogP contribution is -2.62. The molecule has 0 heterocycles. The van der Waals surface area contributed by atoms with Crippen LogP contribution >= 0.6 is 43.2 Å². The number of carbonyl (C=O) groups is 10. The fourth-order valence-corrected chi connectivity index (χ4v) is 9.19. The van der Waals surface area contributed by atoms with Crippen LogP contribution in [0.15, 0.2) is 0 Å². The molecule has 0 fully saturated rings. The van der Waals surface area contributed by atoms with Gasteiger partial charge in [0.15, 0.2) is 45.3 Å². The summed E-state index contributed by atoms with van der Waals surface area (Å²) in [5.41, 5.74) is 45.3. The number of primary amides is 2. The first kappa shape index (κ1) is 54.7. The molecule has 0 aromatic carbocycles. The summed E-state index contributed by atoms with van der Waals surface area (Å²) in [6.07, 6.45) is -0.921. The molecule has 28 heteroatoms. The van der Waals surface area contributed by atoms with E-state index in [0.717, 1.165) is 21.6 Å². The van der Waals surface area contributed by atoms with Gasteiger partial charge >= 0.3 is 23.9 Å². The van der Waals surface area contributed by atoms with Crippen LogP contribution in [-0.4, -0.2) is 149 Å². The summed E-state index contributed by atoms with van der Waals surface area (Å²) >= 11 is 0. The molecular weight excluding hydrogens is 829 g/mol. The number of nitrogens with two attached hydrogens (primary N) is 10. The van der Waals surface area contributed by atoms with Crippen LogP contribution in [0.2, 0.25) is 0 Å². The number of ketones is 4. The Balaban J connectivity index is 0. The van der Waals surface area contributed by atoms with Crippen molar-refractivity contribution in [2.45, 2.75) is 85.9 Å². The highest BCUT2D eigenvalue weighted by molar-refractivity contribution is 8.77. The molecule has 320 valence electrons. The summed E-state index contributed by atoms with van der Waals surface area (Å²) in [6.45, 7) is 2.61. The minimum absolute atomic E-state index is 0.208. The van der Waals surface area contributed by atoms with E-state index >= 15 is 0 Å².